The van der Waals surface area contributed by atoms with Gasteiger partial charge in [-0.1, -0.05) is 6.08 Å². The van der Waals surface area contributed by atoms with E-state index in [9.17, 15) is 0 Å². The average molecular weight is 223 g/mol. The third-order valence-electron chi connectivity index (χ3n) is 0.601. The smallest absolute Gasteiger partial charge is 0.213 e. The van der Waals surface area contributed by atoms with Crippen LogP contribution in [0.2, 0.25) is 0 Å². The van der Waals surface area contributed by atoms with Gasteiger partial charge in [0, 0.05) is 6.08 Å². The van der Waals surface area contributed by atoms with Gasteiger partial charge in [0.15, 0.2) is 6.26 Å². The summed E-state index contributed by atoms with van der Waals surface area (Å²) in [7, 11) is 0. The first kappa shape index (κ1) is 7.68. The molecule has 0 radical (unpaired) electrons. The second-order valence-electron chi connectivity index (χ2n) is 1.12. The highest BCUT2D eigenvalue weighted by Crippen LogP contribution is 1.72. The van der Waals surface area contributed by atoms with Crippen molar-refractivity contribution in [1.82, 2.24) is 0 Å². The van der Waals surface area contributed by atoms with Crippen molar-refractivity contribution in [3.63, 3.8) is 0 Å². The van der Waals surface area contributed by atoms with Crippen molar-refractivity contribution in [2.45, 2.75) is 0 Å². The molecule has 1 aliphatic heterocycles. The molecule has 0 unspecified atom stereocenters. The van der Waals surface area contributed by atoms with E-state index in [1.165, 1.54) is 0 Å². The first-order valence-electron chi connectivity index (χ1n) is 2.06. The monoisotopic (exact) mass is 223 g/mol. The normalized spacial score (nSPS) is 14.0. The fourth-order valence-corrected chi connectivity index (χ4v) is 0.322. The van der Waals surface area contributed by atoms with Gasteiger partial charge in [-0.05, 0) is 11.2 Å². The molecule has 0 aromatic rings. The molecule has 0 spiro atoms. The van der Waals surface area contributed by atoms with Crippen LogP contribution < -0.4 is 29.1 Å². The minimum Gasteiger partial charge on any atom is -1.00 e. The lowest BCUT2D eigenvalue weighted by molar-refractivity contribution is -0.727. The molecule has 8 heavy (non-hydrogen) atoms. The molecule has 0 saturated heterocycles. The van der Waals surface area contributed by atoms with Crippen molar-refractivity contribution in [1.29, 1.82) is 0 Å². The second kappa shape index (κ2) is 4.83. The molecule has 0 aromatic carbocycles. The molecule has 1 aliphatic rings. The predicted octanol–water partition coefficient (Wildman–Crippen LogP) is -3.84. The maximum Gasteiger partial charge on any atom is 0.213 e. The number of hydrogen-bond acceptors (Lipinski definition) is 1. The predicted molar refractivity (Wildman–Crippen MR) is 26.4 cm³/mol. The van der Waals surface area contributed by atoms with Gasteiger partial charge in [-0.25, -0.2) is 4.84 Å². The fraction of sp³-hybridized carbons (Fsp3) is 0. The van der Waals surface area contributed by atoms with Gasteiger partial charge in [0.1, 0.15) is 0 Å². The number of nitrogens with one attached hydrogen (secondary N) is 1. The largest absolute Gasteiger partial charge is 1.00 e. The van der Waals surface area contributed by atoms with Crippen LogP contribution in [0.25, 0.3) is 0 Å². The Balaban J connectivity index is 0.000000490. The first-order valence-corrected chi connectivity index (χ1v) is 2.06. The minimum atomic E-state index is 0. The Hall–Kier alpha value is -0.320. The lowest BCUT2D eigenvalue weighted by Gasteiger charge is -1.69. The molecule has 0 fully saturated rings. The lowest BCUT2D eigenvalue weighted by Crippen LogP contribution is -3.00. The Morgan fingerprint density at radius 3 is 2.88 bits per heavy atom. The van der Waals surface area contributed by atoms with Crippen LogP contribution in [-0.4, -0.2) is 6.21 Å². The molecule has 3 heteroatoms. The Morgan fingerprint density at radius 2 is 2.00 bits per heavy atom. The minimum absolute atomic E-state index is 0. The van der Waals surface area contributed by atoms with Gasteiger partial charge in [-0.2, -0.15) is 0 Å². The third kappa shape index (κ3) is 2.79. The summed E-state index contributed by atoms with van der Waals surface area (Å²) >= 11 is 0. The van der Waals surface area contributed by atoms with Crippen LogP contribution in [0.15, 0.2) is 24.5 Å². The fourth-order valence-electron chi connectivity index (χ4n) is 0.322. The average Bonchev–Trinajstić information content (AvgIpc) is 1.90. The molecule has 0 amide bonds. The number of hydrogen-bond donors (Lipinski definition) is 1. The van der Waals surface area contributed by atoms with Gasteiger partial charge >= 0.3 is 0 Å². The molecular weight excluding hydrogens is 217 g/mol. The standard InChI is InChI=1S/C5H5NO.HI/c1-2-4-6-7-5-3-1;/h1-5H;1H. The van der Waals surface area contributed by atoms with Crippen LogP contribution in [0, 0.1) is 0 Å². The van der Waals surface area contributed by atoms with E-state index < -0.39 is 0 Å². The molecule has 2 nitrogen and oxygen atoms in total. The third-order valence-corrected chi connectivity index (χ3v) is 0.601. The summed E-state index contributed by atoms with van der Waals surface area (Å²) in [6, 6.07) is 0. The van der Waals surface area contributed by atoms with E-state index in [4.69, 9.17) is 0 Å². The second-order valence-corrected chi connectivity index (χ2v) is 1.12. The van der Waals surface area contributed by atoms with Crippen LogP contribution in [0.3, 0.4) is 0 Å². The number of allylic oxidation sites excluding steroid dienone is 3. The number of rotatable bonds is 0. The number of halogens is 1. The van der Waals surface area contributed by atoms with E-state index in [0.29, 0.717) is 0 Å². The summed E-state index contributed by atoms with van der Waals surface area (Å²) in [6.45, 7) is 0. The lowest BCUT2D eigenvalue weighted by atomic mass is 10.5. The Morgan fingerprint density at radius 1 is 1.12 bits per heavy atom. The van der Waals surface area contributed by atoms with Gasteiger partial charge in [0.2, 0.25) is 6.21 Å². The van der Waals surface area contributed by atoms with Crippen LogP contribution in [-0.2, 0) is 4.84 Å². The maximum atomic E-state index is 4.65. The summed E-state index contributed by atoms with van der Waals surface area (Å²) < 4.78 is 0. The zero-order chi connectivity index (χ0) is 4.95. The van der Waals surface area contributed by atoms with Crippen molar-refractivity contribution in [3.8, 4) is 0 Å². The van der Waals surface area contributed by atoms with Crippen molar-refractivity contribution in [3.05, 3.63) is 24.5 Å². The summed E-state index contributed by atoms with van der Waals surface area (Å²) in [4.78, 5) is 4.65. The molecule has 1 N–H and O–H groups in total. The van der Waals surface area contributed by atoms with Crippen LogP contribution in [0.5, 0.6) is 0 Å². The Labute approximate surface area is 64.9 Å². The van der Waals surface area contributed by atoms with E-state index >= 15 is 0 Å². The quantitative estimate of drug-likeness (QED) is 0.418. The van der Waals surface area contributed by atoms with Crippen LogP contribution >= 0.6 is 0 Å². The van der Waals surface area contributed by atoms with Crippen molar-refractivity contribution >= 4 is 6.21 Å². The molecule has 0 atom stereocenters. The Kier molecular flexibility index (Phi) is 4.64. The van der Waals surface area contributed by atoms with Crippen molar-refractivity contribution in [2.75, 3.05) is 0 Å². The topological polar surface area (TPSA) is 23.2 Å². The highest BCUT2D eigenvalue weighted by Gasteiger charge is 1.76. The molecule has 0 aromatic heterocycles. The molecule has 0 aliphatic carbocycles. The van der Waals surface area contributed by atoms with Crippen molar-refractivity contribution in [2.24, 2.45) is 0 Å². The zero-order valence-electron chi connectivity index (χ0n) is 4.17. The summed E-state index contributed by atoms with van der Waals surface area (Å²) in [5, 5.41) is 2.55. The van der Waals surface area contributed by atoms with E-state index in [1.54, 1.807) is 18.6 Å². The molecule has 1 heterocycles. The van der Waals surface area contributed by atoms with E-state index in [1.807, 2.05) is 12.2 Å². The maximum absolute atomic E-state index is 4.65. The summed E-state index contributed by atoms with van der Waals surface area (Å²) in [5.41, 5.74) is 0. The van der Waals surface area contributed by atoms with Gasteiger partial charge in [-0.3, -0.25) is 0 Å². The zero-order valence-corrected chi connectivity index (χ0v) is 6.33. The van der Waals surface area contributed by atoms with E-state index in [-0.39, 0.29) is 24.0 Å². The van der Waals surface area contributed by atoms with Crippen LogP contribution in [0.1, 0.15) is 0 Å². The van der Waals surface area contributed by atoms with Gasteiger partial charge in [0.05, 0.1) is 0 Å². The highest BCUT2D eigenvalue weighted by molar-refractivity contribution is 5.65. The van der Waals surface area contributed by atoms with E-state index in [2.05, 4.69) is 9.99 Å². The van der Waals surface area contributed by atoms with Gasteiger partial charge in [0.25, 0.3) is 0 Å². The van der Waals surface area contributed by atoms with Crippen LogP contribution in [0.4, 0.5) is 0 Å². The molecule has 0 saturated carbocycles. The summed E-state index contributed by atoms with van der Waals surface area (Å²) in [5.74, 6) is 0. The SMILES string of the molecule is C1=CC=[NH+]OC=C1.[I-]. The molecule has 0 bridgehead atoms. The Bertz CT molecular complexity index is 114. The van der Waals surface area contributed by atoms with Gasteiger partial charge in [-0.15, -0.1) is 0 Å². The van der Waals surface area contributed by atoms with E-state index in [0.717, 1.165) is 0 Å². The first-order chi connectivity index (χ1) is 3.50. The molecular formula is C5H6INO. The molecule has 44 valence electrons. The summed E-state index contributed by atoms with van der Waals surface area (Å²) in [6.07, 6.45) is 8.81. The van der Waals surface area contributed by atoms with Crippen molar-refractivity contribution < 1.29 is 34.0 Å². The molecule has 1 rings (SSSR count). The van der Waals surface area contributed by atoms with Gasteiger partial charge < -0.3 is 24.0 Å². The highest BCUT2D eigenvalue weighted by atomic mass is 127.